The van der Waals surface area contributed by atoms with Crippen molar-refractivity contribution in [3.05, 3.63) is 28.3 Å². The molecule has 0 amide bonds. The van der Waals surface area contributed by atoms with Gasteiger partial charge in [-0.15, -0.1) is 11.3 Å². The van der Waals surface area contributed by atoms with Gasteiger partial charge in [0.25, 0.3) is 0 Å². The Hall–Kier alpha value is 0.985. The molecule has 0 bridgehead atoms. The molecule has 1 heterocycles. The van der Waals surface area contributed by atoms with Gasteiger partial charge in [0.05, 0.1) is 9.90 Å². The fourth-order valence-electron chi connectivity index (χ4n) is 1.52. The maximum absolute atomic E-state index is 12.2. The Balaban J connectivity index is 0. The van der Waals surface area contributed by atoms with Gasteiger partial charge < -0.3 is 7.43 Å². The van der Waals surface area contributed by atoms with E-state index in [9.17, 15) is 4.79 Å². The van der Waals surface area contributed by atoms with Gasteiger partial charge in [0.2, 0.25) is 0 Å². The van der Waals surface area contributed by atoms with Gasteiger partial charge >= 0.3 is 0 Å². The van der Waals surface area contributed by atoms with Crippen molar-refractivity contribution in [3.63, 3.8) is 0 Å². The predicted octanol–water partition coefficient (Wildman–Crippen LogP) is 5.67. The van der Waals surface area contributed by atoms with E-state index >= 15 is 0 Å². The Morgan fingerprint density at radius 1 is 1.21 bits per heavy atom. The summed E-state index contributed by atoms with van der Waals surface area (Å²) in [6.07, 6.45) is 0.953. The fraction of sp³-hybridized carbons (Fsp3) is 0.600. The first-order chi connectivity index (χ1) is 7.50. The molecule has 0 aliphatic rings. The summed E-state index contributed by atoms with van der Waals surface area (Å²) in [7, 11) is 0. The van der Waals surface area contributed by atoms with Gasteiger partial charge in [-0.2, -0.15) is 0 Å². The number of hydrogen-bond acceptors (Lipinski definition) is 2. The van der Waals surface area contributed by atoms with E-state index in [0.717, 1.165) is 6.42 Å². The molecule has 19 heavy (non-hydrogen) atoms. The van der Waals surface area contributed by atoms with E-state index < -0.39 is 0 Å². The van der Waals surface area contributed by atoms with Crippen LogP contribution in [0.25, 0.3) is 0 Å². The quantitative estimate of drug-likeness (QED) is 0.363. The van der Waals surface area contributed by atoms with Crippen molar-refractivity contribution in [2.75, 3.05) is 0 Å². The van der Waals surface area contributed by atoms with Crippen molar-refractivity contribution < 1.29 is 44.7 Å². The molecule has 0 spiro atoms. The largest absolute Gasteiger partial charge is 0.358 e. The zero-order chi connectivity index (χ0) is 13.4. The first-order valence-corrected chi connectivity index (χ1v) is 7.03. The van der Waals surface area contributed by atoms with Crippen molar-refractivity contribution in [3.8, 4) is 0 Å². The molecule has 0 radical (unpaired) electrons. The maximum Gasteiger partial charge on any atom is 0.179 e. The summed E-state index contributed by atoms with van der Waals surface area (Å²) in [4.78, 5) is 14.1. The second-order valence-electron chi connectivity index (χ2n) is 6.71. The van der Waals surface area contributed by atoms with Crippen LogP contribution < -0.4 is 0 Å². The molecule has 0 unspecified atom stereocenters. The molecule has 0 aromatic carbocycles. The number of carbonyl (C=O) groups is 1. The first-order valence-electron chi connectivity index (χ1n) is 5.84. The van der Waals surface area contributed by atoms with Crippen LogP contribution in [0.1, 0.15) is 56.1 Å². The fourth-order valence-corrected chi connectivity index (χ4v) is 3.42. The average molecular weight is 520 g/mol. The van der Waals surface area contributed by atoms with Crippen molar-refractivity contribution >= 4 is 28.7 Å². The Morgan fingerprint density at radius 2 is 1.68 bits per heavy atom. The van der Waals surface area contributed by atoms with E-state index in [1.54, 1.807) is 0 Å². The SMILES string of the molecule is CC(C)(C)Cc1cc(Cl)c(C(=O)C(C)(C)C)s1.[CH3-].[Th]. The molecule has 0 aliphatic carbocycles. The number of ketones is 1. The van der Waals surface area contributed by atoms with E-state index in [1.807, 2.05) is 26.8 Å². The van der Waals surface area contributed by atoms with E-state index in [0.29, 0.717) is 9.90 Å². The molecule has 0 aliphatic heterocycles. The van der Waals surface area contributed by atoms with E-state index in [2.05, 4.69) is 20.8 Å². The topological polar surface area (TPSA) is 17.1 Å². The summed E-state index contributed by atoms with van der Waals surface area (Å²) < 4.78 is 0. The smallest absolute Gasteiger partial charge is 0.179 e. The third-order valence-corrected chi connectivity index (χ3v) is 3.87. The van der Waals surface area contributed by atoms with Crippen molar-refractivity contribution in [1.29, 1.82) is 0 Å². The van der Waals surface area contributed by atoms with Crippen LogP contribution in [0.2, 0.25) is 5.02 Å². The van der Waals surface area contributed by atoms with E-state index in [1.165, 1.54) is 16.2 Å². The molecular formula is C15H24ClOSTh-. The molecule has 1 aromatic rings. The summed E-state index contributed by atoms with van der Waals surface area (Å²) in [5, 5.41) is 0.606. The molecule has 0 saturated heterocycles. The van der Waals surface area contributed by atoms with Crippen LogP contribution in [0.5, 0.6) is 0 Å². The molecule has 0 saturated carbocycles. The molecular weight excluding hydrogens is 496 g/mol. The number of carbonyl (C=O) groups excluding carboxylic acids is 1. The third kappa shape index (κ3) is 6.99. The summed E-state index contributed by atoms with van der Waals surface area (Å²) in [6, 6.07) is 1.94. The van der Waals surface area contributed by atoms with Crippen LogP contribution in [0.15, 0.2) is 6.07 Å². The van der Waals surface area contributed by atoms with Crippen LogP contribution in [-0.2, 0) is 6.42 Å². The molecule has 1 nitrogen and oxygen atoms in total. The first kappa shape index (κ1) is 22.3. The zero-order valence-corrected chi connectivity index (χ0v) is 18.7. The summed E-state index contributed by atoms with van der Waals surface area (Å²) in [6.45, 7) is 12.3. The van der Waals surface area contributed by atoms with Gasteiger partial charge in [-0.05, 0) is 17.9 Å². The number of halogens is 1. The monoisotopic (exact) mass is 519 g/mol. The van der Waals surface area contributed by atoms with Gasteiger partial charge in [0.1, 0.15) is 0 Å². The van der Waals surface area contributed by atoms with Crippen molar-refractivity contribution in [2.24, 2.45) is 10.8 Å². The van der Waals surface area contributed by atoms with Crippen LogP contribution in [0, 0.1) is 58.2 Å². The van der Waals surface area contributed by atoms with Gasteiger partial charge in [-0.25, -0.2) is 0 Å². The molecule has 0 atom stereocenters. The minimum Gasteiger partial charge on any atom is -0.358 e. The number of rotatable bonds is 2. The standard InChI is InChI=1S/C14H21ClOS.CH3.Th/c1-13(2,3)8-9-7-10(15)11(17-9)12(16)14(4,5)6;;/h7H,8H2,1-6H3;1H3;/q;-1;. The summed E-state index contributed by atoms with van der Waals surface area (Å²) in [5.41, 5.74) is -0.149. The number of hydrogen-bond donors (Lipinski definition) is 0. The van der Waals surface area contributed by atoms with Gasteiger partial charge in [-0.3, -0.25) is 4.79 Å². The molecule has 0 fully saturated rings. The third-order valence-electron chi connectivity index (χ3n) is 2.33. The van der Waals surface area contributed by atoms with Crippen molar-refractivity contribution in [1.82, 2.24) is 0 Å². The van der Waals surface area contributed by atoms with Crippen LogP contribution >= 0.6 is 22.9 Å². The Bertz CT molecular complexity index is 424. The van der Waals surface area contributed by atoms with Crippen LogP contribution in [0.3, 0.4) is 0 Å². The Labute approximate surface area is 159 Å². The zero-order valence-electron chi connectivity index (χ0n) is 13.0. The van der Waals surface area contributed by atoms with Crippen molar-refractivity contribution in [2.45, 2.75) is 48.0 Å². The molecule has 108 valence electrons. The Morgan fingerprint density at radius 3 is 2.05 bits per heavy atom. The van der Waals surface area contributed by atoms with E-state index in [-0.39, 0.29) is 64.0 Å². The maximum atomic E-state index is 12.2. The van der Waals surface area contributed by atoms with Gasteiger partial charge in [0.15, 0.2) is 5.78 Å². The predicted molar refractivity (Wildman–Crippen MR) is 82.7 cm³/mol. The molecule has 4 heteroatoms. The average Bonchev–Trinajstić information content (AvgIpc) is 2.40. The Kier molecular flexibility index (Phi) is 9.19. The second-order valence-corrected chi connectivity index (χ2v) is 8.25. The van der Waals surface area contributed by atoms with Crippen LogP contribution in [-0.4, -0.2) is 5.78 Å². The van der Waals surface area contributed by atoms with Crippen LogP contribution in [0.4, 0.5) is 0 Å². The second kappa shape index (κ2) is 7.84. The van der Waals surface area contributed by atoms with Gasteiger partial charge in [-0.1, -0.05) is 53.1 Å². The minimum atomic E-state index is -0.368. The molecule has 1 rings (SSSR count). The summed E-state index contributed by atoms with van der Waals surface area (Å²) >= 11 is 7.70. The minimum absolute atomic E-state index is 0. The van der Waals surface area contributed by atoms with Gasteiger partial charge in [0, 0.05) is 50.2 Å². The molecule has 1 aromatic heterocycles. The number of thiophene rings is 1. The molecule has 0 N–H and O–H groups in total. The summed E-state index contributed by atoms with van der Waals surface area (Å²) in [5.74, 6) is 0.132. The van der Waals surface area contributed by atoms with E-state index in [4.69, 9.17) is 11.6 Å². The normalized spacial score (nSPS) is 11.5. The number of Topliss-reactive ketones (excluding diaryl/α,β-unsaturated/α-hetero) is 1.